The molecule has 0 bridgehead atoms. The van der Waals surface area contributed by atoms with E-state index >= 15 is 0 Å². The molecule has 0 saturated carbocycles. The quantitative estimate of drug-likeness (QED) is 0.340. The number of aromatic nitrogens is 3. The normalized spacial score (nSPS) is 10.7. The van der Waals surface area contributed by atoms with Crippen LogP contribution >= 0.6 is 11.3 Å². The fraction of sp³-hybridized carbons (Fsp3) is 0.0476. The van der Waals surface area contributed by atoms with Crippen LogP contribution in [0.15, 0.2) is 66.0 Å². The lowest BCUT2D eigenvalue weighted by molar-refractivity contribution is 0.0462. The number of hydrogen-bond acceptors (Lipinski definition) is 6. The van der Waals surface area contributed by atoms with Crippen molar-refractivity contribution >= 4 is 23.1 Å². The summed E-state index contributed by atoms with van der Waals surface area (Å²) in [6.45, 7) is -0.538. The van der Waals surface area contributed by atoms with Crippen molar-refractivity contribution in [3.05, 3.63) is 89.1 Å². The van der Waals surface area contributed by atoms with Crippen molar-refractivity contribution in [2.24, 2.45) is 0 Å². The molecule has 30 heavy (non-hydrogen) atoms. The molecule has 0 unspecified atom stereocenters. The van der Waals surface area contributed by atoms with Gasteiger partial charge in [0.1, 0.15) is 11.6 Å². The summed E-state index contributed by atoms with van der Waals surface area (Å²) in [5.41, 5.74) is 0.724. The number of hydrogen-bond donors (Lipinski definition) is 0. The van der Waals surface area contributed by atoms with Crippen molar-refractivity contribution in [1.82, 2.24) is 14.8 Å². The highest BCUT2D eigenvalue weighted by Crippen LogP contribution is 2.25. The van der Waals surface area contributed by atoms with E-state index < -0.39 is 30.0 Å². The van der Waals surface area contributed by atoms with Crippen LogP contribution in [0.4, 0.5) is 8.78 Å². The summed E-state index contributed by atoms with van der Waals surface area (Å²) in [5, 5.41) is 6.03. The van der Waals surface area contributed by atoms with Crippen molar-refractivity contribution in [3.63, 3.8) is 0 Å². The summed E-state index contributed by atoms with van der Waals surface area (Å²) in [4.78, 5) is 29.5. The first-order valence-electron chi connectivity index (χ1n) is 8.74. The number of ether oxygens (including phenoxy) is 1. The van der Waals surface area contributed by atoms with Crippen LogP contribution in [0.1, 0.15) is 21.0 Å². The summed E-state index contributed by atoms with van der Waals surface area (Å²) in [7, 11) is 0. The number of nitrogens with zero attached hydrogens (tertiary/aromatic N) is 3. The van der Waals surface area contributed by atoms with Gasteiger partial charge in [-0.25, -0.2) is 18.3 Å². The van der Waals surface area contributed by atoms with Gasteiger partial charge < -0.3 is 4.74 Å². The van der Waals surface area contributed by atoms with Gasteiger partial charge in [0.25, 0.3) is 5.82 Å². The van der Waals surface area contributed by atoms with Gasteiger partial charge >= 0.3 is 5.97 Å². The summed E-state index contributed by atoms with van der Waals surface area (Å²) in [5.74, 6) is -2.11. The minimum absolute atomic E-state index is 0.216. The first-order valence-corrected chi connectivity index (χ1v) is 9.62. The number of Topliss-reactive ketones (excluding diaryl/α,β-unsaturated/α-hetero) is 1. The fourth-order valence-corrected chi connectivity index (χ4v) is 3.34. The zero-order chi connectivity index (χ0) is 21.1. The molecule has 4 aromatic rings. The minimum atomic E-state index is -0.885. The van der Waals surface area contributed by atoms with Gasteiger partial charge in [0, 0.05) is 5.56 Å². The van der Waals surface area contributed by atoms with E-state index in [1.54, 1.807) is 0 Å². The van der Waals surface area contributed by atoms with Crippen LogP contribution in [0.5, 0.6) is 0 Å². The summed E-state index contributed by atoms with van der Waals surface area (Å²) in [6, 6.07) is 14.1. The van der Waals surface area contributed by atoms with E-state index in [-0.39, 0.29) is 11.4 Å². The smallest absolute Gasteiger partial charge is 0.378 e. The summed E-state index contributed by atoms with van der Waals surface area (Å²) < 4.78 is 32.7. The number of halogens is 2. The number of esters is 1. The summed E-state index contributed by atoms with van der Waals surface area (Å²) >= 11 is 1.40. The standard InChI is InChI=1S/C21H13F2N3O3S/c22-14-5-3-13(4-6-14)17(27)12-29-21(28)19-24-20(18-2-1-11-30-18)26(25-19)16-9-7-15(23)8-10-16/h1-11H,12H2. The highest BCUT2D eigenvalue weighted by Gasteiger charge is 2.21. The number of ketones is 1. The van der Waals surface area contributed by atoms with Crippen molar-refractivity contribution < 1.29 is 23.1 Å². The number of carbonyl (C=O) groups excluding carboxylic acids is 2. The molecule has 9 heteroatoms. The molecule has 0 saturated heterocycles. The molecule has 2 aromatic carbocycles. The van der Waals surface area contributed by atoms with E-state index in [1.807, 2.05) is 17.5 Å². The Bertz CT molecular complexity index is 1190. The predicted molar refractivity (Wildman–Crippen MR) is 106 cm³/mol. The Kier molecular flexibility index (Phi) is 5.44. The highest BCUT2D eigenvalue weighted by atomic mass is 32.1. The van der Waals surface area contributed by atoms with Crippen LogP contribution in [-0.2, 0) is 4.74 Å². The van der Waals surface area contributed by atoms with Gasteiger partial charge in [-0.15, -0.1) is 16.4 Å². The molecule has 6 nitrogen and oxygen atoms in total. The molecule has 0 amide bonds. The lowest BCUT2D eigenvalue weighted by Gasteiger charge is -2.04. The van der Waals surface area contributed by atoms with Gasteiger partial charge in [0.15, 0.2) is 18.2 Å². The largest absolute Gasteiger partial charge is 0.451 e. The van der Waals surface area contributed by atoms with Gasteiger partial charge in [0.2, 0.25) is 0 Å². The Morgan fingerprint density at radius 2 is 1.63 bits per heavy atom. The average Bonchev–Trinajstić information content (AvgIpc) is 3.43. The van der Waals surface area contributed by atoms with E-state index in [0.717, 1.165) is 17.0 Å². The number of rotatable bonds is 6. The maximum absolute atomic E-state index is 13.3. The Labute approximate surface area is 173 Å². The minimum Gasteiger partial charge on any atom is -0.451 e. The van der Waals surface area contributed by atoms with Crippen LogP contribution in [0, 0.1) is 11.6 Å². The highest BCUT2D eigenvalue weighted by molar-refractivity contribution is 7.13. The number of benzene rings is 2. The second kappa shape index (κ2) is 8.34. The average molecular weight is 425 g/mol. The molecule has 2 heterocycles. The maximum atomic E-state index is 13.3. The molecule has 2 aromatic heterocycles. The number of thiophene rings is 1. The monoisotopic (exact) mass is 425 g/mol. The first-order chi connectivity index (χ1) is 14.5. The lowest BCUT2D eigenvalue weighted by atomic mass is 10.1. The van der Waals surface area contributed by atoms with Crippen molar-refractivity contribution in [3.8, 4) is 16.4 Å². The molecule has 0 radical (unpaired) electrons. The van der Waals surface area contributed by atoms with E-state index in [4.69, 9.17) is 4.74 Å². The van der Waals surface area contributed by atoms with Crippen molar-refractivity contribution in [2.75, 3.05) is 6.61 Å². The van der Waals surface area contributed by atoms with Gasteiger partial charge in [-0.05, 0) is 60.0 Å². The third-order valence-corrected chi connectivity index (χ3v) is 4.97. The molecule has 0 aliphatic heterocycles. The van der Waals surface area contributed by atoms with E-state index in [0.29, 0.717) is 11.5 Å². The van der Waals surface area contributed by atoms with Crippen molar-refractivity contribution in [2.45, 2.75) is 0 Å². The lowest BCUT2D eigenvalue weighted by Crippen LogP contribution is -2.15. The second-order valence-electron chi connectivity index (χ2n) is 6.13. The Morgan fingerprint density at radius 1 is 0.967 bits per heavy atom. The first kappa shape index (κ1) is 19.6. The van der Waals surface area contributed by atoms with Crippen LogP contribution in [0.25, 0.3) is 16.4 Å². The van der Waals surface area contributed by atoms with E-state index in [1.165, 1.54) is 52.4 Å². The SMILES string of the molecule is O=C(COC(=O)c1nc(-c2cccs2)n(-c2ccc(F)cc2)n1)c1ccc(F)cc1. The van der Waals surface area contributed by atoms with Crippen LogP contribution < -0.4 is 0 Å². The molecule has 0 atom stereocenters. The Balaban J connectivity index is 1.57. The van der Waals surface area contributed by atoms with Gasteiger partial charge in [0.05, 0.1) is 10.6 Å². The Hall–Kier alpha value is -3.72. The molecule has 0 aliphatic rings. The third-order valence-electron chi connectivity index (χ3n) is 4.10. The molecule has 150 valence electrons. The van der Waals surface area contributed by atoms with Crippen LogP contribution in [0.3, 0.4) is 0 Å². The topological polar surface area (TPSA) is 74.1 Å². The van der Waals surface area contributed by atoms with Gasteiger partial charge in [-0.3, -0.25) is 4.79 Å². The molecular formula is C21H13F2N3O3S. The Morgan fingerprint density at radius 3 is 2.27 bits per heavy atom. The predicted octanol–water partition coefficient (Wildman–Crippen LogP) is 4.31. The van der Waals surface area contributed by atoms with Crippen LogP contribution in [-0.4, -0.2) is 33.1 Å². The van der Waals surface area contributed by atoms with E-state index in [9.17, 15) is 18.4 Å². The van der Waals surface area contributed by atoms with Gasteiger partial charge in [-0.1, -0.05) is 6.07 Å². The molecule has 0 N–H and O–H groups in total. The maximum Gasteiger partial charge on any atom is 0.378 e. The van der Waals surface area contributed by atoms with Gasteiger partial charge in [-0.2, -0.15) is 4.98 Å². The van der Waals surface area contributed by atoms with Crippen LogP contribution in [0.2, 0.25) is 0 Å². The fourth-order valence-electron chi connectivity index (χ4n) is 2.64. The van der Waals surface area contributed by atoms with Crippen molar-refractivity contribution in [1.29, 1.82) is 0 Å². The molecular weight excluding hydrogens is 412 g/mol. The molecule has 0 spiro atoms. The zero-order valence-corrected chi connectivity index (χ0v) is 16.1. The second-order valence-corrected chi connectivity index (χ2v) is 7.08. The summed E-state index contributed by atoms with van der Waals surface area (Å²) in [6.07, 6.45) is 0. The zero-order valence-electron chi connectivity index (χ0n) is 15.3. The molecule has 0 aliphatic carbocycles. The molecule has 0 fully saturated rings. The molecule has 4 rings (SSSR count). The van der Waals surface area contributed by atoms with E-state index in [2.05, 4.69) is 10.1 Å². The number of carbonyl (C=O) groups is 2. The third kappa shape index (κ3) is 4.15.